The third-order valence-electron chi connectivity index (χ3n) is 4.19. The van der Waals surface area contributed by atoms with Crippen LogP contribution in [0.15, 0.2) is 0 Å². The smallest absolute Gasteiger partial charge is 0.0589 e. The first-order valence-corrected chi connectivity index (χ1v) is 8.33. The van der Waals surface area contributed by atoms with E-state index in [0.29, 0.717) is 17.5 Å². The Bertz CT molecular complexity index is 226. The summed E-state index contributed by atoms with van der Waals surface area (Å²) in [6, 6.07) is 1.22. The molecule has 20 heavy (non-hydrogen) atoms. The fourth-order valence-electron chi connectivity index (χ4n) is 2.47. The van der Waals surface area contributed by atoms with E-state index in [1.165, 1.54) is 19.3 Å². The molecular weight excluding hydrogens is 248 g/mol. The molecule has 0 spiro atoms. The first-order valence-electron chi connectivity index (χ1n) is 8.33. The highest BCUT2D eigenvalue weighted by Gasteiger charge is 2.25. The summed E-state index contributed by atoms with van der Waals surface area (Å²) in [7, 11) is 1.79. The van der Waals surface area contributed by atoms with E-state index >= 15 is 0 Å². The second-order valence-corrected chi connectivity index (χ2v) is 6.95. The Morgan fingerprint density at radius 3 is 2.25 bits per heavy atom. The van der Waals surface area contributed by atoms with Gasteiger partial charge in [-0.1, -0.05) is 34.6 Å². The number of methoxy groups -OCH3 is 1. The Labute approximate surface area is 127 Å². The monoisotopic (exact) mass is 286 g/mol. The molecular formula is C17H38N2O. The maximum atomic E-state index is 5.25. The van der Waals surface area contributed by atoms with E-state index in [9.17, 15) is 0 Å². The van der Waals surface area contributed by atoms with E-state index in [4.69, 9.17) is 4.74 Å². The zero-order chi connectivity index (χ0) is 15.6. The second kappa shape index (κ2) is 10.6. The molecule has 2 atom stereocenters. The molecule has 3 nitrogen and oxygen atoms in total. The molecule has 0 aromatic heterocycles. The average molecular weight is 287 g/mol. The van der Waals surface area contributed by atoms with E-state index in [2.05, 4.69) is 51.8 Å². The molecule has 0 radical (unpaired) electrons. The lowest BCUT2D eigenvalue weighted by Crippen LogP contribution is -2.45. The van der Waals surface area contributed by atoms with Gasteiger partial charge in [0.05, 0.1) is 6.61 Å². The zero-order valence-corrected chi connectivity index (χ0v) is 15.0. The van der Waals surface area contributed by atoms with Crippen LogP contribution in [-0.2, 0) is 4.74 Å². The number of nitrogens with zero attached hydrogens (tertiary/aromatic N) is 1. The minimum absolute atomic E-state index is 0.317. The van der Waals surface area contributed by atoms with E-state index in [1.54, 1.807) is 7.11 Å². The van der Waals surface area contributed by atoms with Gasteiger partial charge in [-0.2, -0.15) is 0 Å². The maximum absolute atomic E-state index is 5.25. The number of rotatable bonds is 11. The molecule has 0 aliphatic carbocycles. The predicted molar refractivity (Wildman–Crippen MR) is 89.4 cm³/mol. The number of hydrogen-bond donors (Lipinski definition) is 1. The van der Waals surface area contributed by atoms with Crippen LogP contribution in [-0.4, -0.2) is 50.3 Å². The molecule has 0 aromatic carbocycles. The second-order valence-electron chi connectivity index (χ2n) is 6.95. The van der Waals surface area contributed by atoms with Gasteiger partial charge in [0.15, 0.2) is 0 Å². The third-order valence-corrected chi connectivity index (χ3v) is 4.19. The van der Waals surface area contributed by atoms with Gasteiger partial charge in [0, 0.05) is 32.3 Å². The van der Waals surface area contributed by atoms with Crippen molar-refractivity contribution in [2.75, 3.05) is 33.4 Å². The molecule has 0 aromatic rings. The van der Waals surface area contributed by atoms with Crippen LogP contribution >= 0.6 is 0 Å². The molecule has 0 heterocycles. The van der Waals surface area contributed by atoms with E-state index < -0.39 is 0 Å². The topological polar surface area (TPSA) is 24.5 Å². The Balaban J connectivity index is 4.44. The zero-order valence-electron chi connectivity index (χ0n) is 15.0. The molecule has 3 heteroatoms. The standard InChI is InChI=1S/C17H38N2O/c1-8-11-18-16(17(4,5)6)10-12-19(13-14-20-7)15(3)9-2/h15-16,18H,8-14H2,1-7H3. The number of ether oxygens (including phenoxy) is 1. The van der Waals surface area contributed by atoms with Crippen molar-refractivity contribution in [1.29, 1.82) is 0 Å². The minimum Gasteiger partial charge on any atom is -0.383 e. The van der Waals surface area contributed by atoms with Gasteiger partial charge in [-0.05, 0) is 38.1 Å². The van der Waals surface area contributed by atoms with E-state index in [1.807, 2.05) is 0 Å². The highest BCUT2D eigenvalue weighted by atomic mass is 16.5. The summed E-state index contributed by atoms with van der Waals surface area (Å²) < 4.78 is 5.25. The van der Waals surface area contributed by atoms with Crippen LogP contribution in [0.4, 0.5) is 0 Å². The van der Waals surface area contributed by atoms with Crippen molar-refractivity contribution in [3.8, 4) is 0 Å². The molecule has 0 bridgehead atoms. The first-order chi connectivity index (χ1) is 9.36. The van der Waals surface area contributed by atoms with Crippen LogP contribution in [0.5, 0.6) is 0 Å². The van der Waals surface area contributed by atoms with Gasteiger partial charge in [-0.15, -0.1) is 0 Å². The van der Waals surface area contributed by atoms with Gasteiger partial charge in [-0.3, -0.25) is 4.90 Å². The van der Waals surface area contributed by atoms with Crippen LogP contribution in [0.1, 0.15) is 60.8 Å². The van der Waals surface area contributed by atoms with Crippen LogP contribution in [0.2, 0.25) is 0 Å². The summed E-state index contributed by atoms with van der Waals surface area (Å²) in [5, 5.41) is 3.72. The van der Waals surface area contributed by atoms with E-state index in [0.717, 1.165) is 26.2 Å². The lowest BCUT2D eigenvalue weighted by molar-refractivity contribution is 0.112. The largest absolute Gasteiger partial charge is 0.383 e. The fraction of sp³-hybridized carbons (Fsp3) is 1.00. The highest BCUT2D eigenvalue weighted by molar-refractivity contribution is 4.82. The van der Waals surface area contributed by atoms with Crippen molar-refractivity contribution in [2.45, 2.75) is 72.9 Å². The van der Waals surface area contributed by atoms with Gasteiger partial charge < -0.3 is 10.1 Å². The normalized spacial score (nSPS) is 15.6. The van der Waals surface area contributed by atoms with E-state index in [-0.39, 0.29) is 0 Å². The quantitative estimate of drug-likeness (QED) is 0.629. The van der Waals surface area contributed by atoms with Gasteiger partial charge in [0.1, 0.15) is 0 Å². The molecule has 0 fully saturated rings. The molecule has 0 aliphatic rings. The molecule has 122 valence electrons. The van der Waals surface area contributed by atoms with Crippen molar-refractivity contribution in [3.63, 3.8) is 0 Å². The Hall–Kier alpha value is -0.120. The van der Waals surface area contributed by atoms with Crippen LogP contribution < -0.4 is 5.32 Å². The van der Waals surface area contributed by atoms with Gasteiger partial charge in [0.25, 0.3) is 0 Å². The predicted octanol–water partition coefficient (Wildman–Crippen LogP) is 3.54. The number of nitrogens with one attached hydrogen (secondary N) is 1. The van der Waals surface area contributed by atoms with Crippen LogP contribution in [0, 0.1) is 5.41 Å². The number of hydrogen-bond acceptors (Lipinski definition) is 3. The van der Waals surface area contributed by atoms with Crippen molar-refractivity contribution < 1.29 is 4.74 Å². The average Bonchev–Trinajstić information content (AvgIpc) is 2.39. The third kappa shape index (κ3) is 8.23. The van der Waals surface area contributed by atoms with Crippen molar-refractivity contribution >= 4 is 0 Å². The Morgan fingerprint density at radius 1 is 1.15 bits per heavy atom. The van der Waals surface area contributed by atoms with Crippen LogP contribution in [0.3, 0.4) is 0 Å². The van der Waals surface area contributed by atoms with Crippen molar-refractivity contribution in [2.24, 2.45) is 5.41 Å². The fourth-order valence-corrected chi connectivity index (χ4v) is 2.47. The maximum Gasteiger partial charge on any atom is 0.0589 e. The lowest BCUT2D eigenvalue weighted by atomic mass is 9.84. The molecule has 0 saturated carbocycles. The van der Waals surface area contributed by atoms with Crippen LogP contribution in [0.25, 0.3) is 0 Å². The first kappa shape index (κ1) is 19.9. The van der Waals surface area contributed by atoms with Crippen molar-refractivity contribution in [3.05, 3.63) is 0 Å². The molecule has 2 unspecified atom stereocenters. The van der Waals surface area contributed by atoms with Gasteiger partial charge in [0.2, 0.25) is 0 Å². The molecule has 0 rings (SSSR count). The minimum atomic E-state index is 0.317. The lowest BCUT2D eigenvalue weighted by Gasteiger charge is -2.35. The summed E-state index contributed by atoms with van der Waals surface area (Å²) in [5.74, 6) is 0. The Kier molecular flexibility index (Phi) is 10.5. The van der Waals surface area contributed by atoms with Crippen molar-refractivity contribution in [1.82, 2.24) is 10.2 Å². The SMILES string of the molecule is CCCNC(CCN(CCOC)C(C)CC)C(C)(C)C. The molecule has 0 saturated heterocycles. The van der Waals surface area contributed by atoms with Gasteiger partial charge >= 0.3 is 0 Å². The Morgan fingerprint density at radius 2 is 1.80 bits per heavy atom. The summed E-state index contributed by atoms with van der Waals surface area (Å²) >= 11 is 0. The molecule has 0 amide bonds. The summed E-state index contributed by atoms with van der Waals surface area (Å²) in [4.78, 5) is 2.57. The van der Waals surface area contributed by atoms with Gasteiger partial charge in [-0.25, -0.2) is 0 Å². The summed E-state index contributed by atoms with van der Waals surface area (Å²) in [6.07, 6.45) is 3.61. The molecule has 1 N–H and O–H groups in total. The summed E-state index contributed by atoms with van der Waals surface area (Å²) in [6.45, 7) is 18.0. The summed E-state index contributed by atoms with van der Waals surface area (Å²) in [5.41, 5.74) is 0.317. The highest BCUT2D eigenvalue weighted by Crippen LogP contribution is 2.22. The molecule has 0 aliphatic heterocycles.